The van der Waals surface area contributed by atoms with Crippen LogP contribution in [0.15, 0.2) is 54.6 Å². The Morgan fingerprint density at radius 3 is 2.00 bits per heavy atom. The first-order chi connectivity index (χ1) is 14.2. The molecule has 2 amide bonds. The second-order valence-corrected chi connectivity index (χ2v) is 10.2. The molecule has 1 saturated carbocycles. The van der Waals surface area contributed by atoms with Crippen LogP contribution in [0.25, 0.3) is 0 Å². The van der Waals surface area contributed by atoms with Gasteiger partial charge in [0.25, 0.3) is 0 Å². The minimum atomic E-state index is -0.126. The van der Waals surface area contributed by atoms with Crippen molar-refractivity contribution in [3.05, 3.63) is 65.7 Å². The second-order valence-electron chi connectivity index (χ2n) is 10.2. The Labute approximate surface area is 182 Å². The van der Waals surface area contributed by atoms with E-state index >= 15 is 0 Å². The zero-order valence-corrected chi connectivity index (χ0v) is 19.2. The molecular formula is C27H38N2O. The van der Waals surface area contributed by atoms with Crippen LogP contribution in [-0.4, -0.2) is 6.03 Å². The largest absolute Gasteiger partial charge is 0.331 e. The Morgan fingerprint density at radius 2 is 1.47 bits per heavy atom. The smallest absolute Gasteiger partial charge is 0.319 e. The normalized spacial score (nSPS) is 20.6. The lowest BCUT2D eigenvalue weighted by molar-refractivity contribution is 0.134. The van der Waals surface area contributed by atoms with E-state index in [2.05, 4.69) is 81.7 Å². The number of urea groups is 1. The highest BCUT2D eigenvalue weighted by Gasteiger charge is 2.34. The van der Waals surface area contributed by atoms with Gasteiger partial charge in [-0.15, -0.1) is 0 Å². The highest BCUT2D eigenvalue weighted by molar-refractivity contribution is 5.89. The molecule has 2 aromatic rings. The maximum absolute atomic E-state index is 12.9. The summed E-state index contributed by atoms with van der Waals surface area (Å²) in [7, 11) is 0. The molecule has 1 fully saturated rings. The number of nitrogens with one attached hydrogen (secondary N) is 2. The summed E-state index contributed by atoms with van der Waals surface area (Å²) in [5.74, 6) is 1.72. The van der Waals surface area contributed by atoms with E-state index in [1.54, 1.807) is 0 Å². The van der Waals surface area contributed by atoms with E-state index in [9.17, 15) is 4.79 Å². The van der Waals surface area contributed by atoms with Crippen LogP contribution < -0.4 is 10.6 Å². The summed E-state index contributed by atoms with van der Waals surface area (Å²) < 4.78 is 0. The quantitative estimate of drug-likeness (QED) is 0.529. The maximum Gasteiger partial charge on any atom is 0.319 e. The SMILES string of the molecule is CC(C)c1ccc(NC(=O)NC(c2ccccc2)C2CCC(C(C)(C)C)CC2)cc1. The number of anilines is 1. The fourth-order valence-electron chi connectivity index (χ4n) is 4.71. The number of carbonyl (C=O) groups excluding carboxylic acids is 1. The van der Waals surface area contributed by atoms with Gasteiger partial charge in [-0.2, -0.15) is 0 Å². The third-order valence-electron chi connectivity index (χ3n) is 6.75. The topological polar surface area (TPSA) is 41.1 Å². The van der Waals surface area contributed by atoms with Crippen LogP contribution in [-0.2, 0) is 0 Å². The molecule has 0 aromatic heterocycles. The molecular weight excluding hydrogens is 368 g/mol. The molecule has 0 radical (unpaired) electrons. The predicted molar refractivity (Wildman–Crippen MR) is 127 cm³/mol. The van der Waals surface area contributed by atoms with Gasteiger partial charge in [0.2, 0.25) is 0 Å². The van der Waals surface area contributed by atoms with Crippen molar-refractivity contribution >= 4 is 11.7 Å². The number of rotatable bonds is 5. The molecule has 3 nitrogen and oxygen atoms in total. The molecule has 1 aliphatic rings. The van der Waals surface area contributed by atoms with Gasteiger partial charge in [-0.25, -0.2) is 4.79 Å². The summed E-state index contributed by atoms with van der Waals surface area (Å²) in [4.78, 5) is 12.9. The third kappa shape index (κ3) is 5.87. The van der Waals surface area contributed by atoms with Gasteiger partial charge in [0.15, 0.2) is 0 Å². The van der Waals surface area contributed by atoms with Crippen molar-refractivity contribution < 1.29 is 4.79 Å². The summed E-state index contributed by atoms with van der Waals surface area (Å²) in [6, 6.07) is 18.5. The number of carbonyl (C=O) groups is 1. The van der Waals surface area contributed by atoms with E-state index < -0.39 is 0 Å². The summed E-state index contributed by atoms with van der Waals surface area (Å²) >= 11 is 0. The molecule has 0 saturated heterocycles. The number of hydrogen-bond donors (Lipinski definition) is 2. The van der Waals surface area contributed by atoms with E-state index in [1.807, 2.05) is 18.2 Å². The van der Waals surface area contributed by atoms with Crippen molar-refractivity contribution in [2.45, 2.75) is 72.3 Å². The molecule has 0 heterocycles. The standard InChI is InChI=1S/C27H38N2O/c1-19(2)20-13-17-24(18-14-20)28-26(30)29-25(21-9-7-6-8-10-21)22-11-15-23(16-12-22)27(3,4)5/h6-10,13-14,17-19,22-23,25H,11-12,15-16H2,1-5H3,(H2,28,29,30). The lowest BCUT2D eigenvalue weighted by Crippen LogP contribution is -2.38. The molecule has 0 aliphatic heterocycles. The van der Waals surface area contributed by atoms with Gasteiger partial charge >= 0.3 is 6.03 Å². The Morgan fingerprint density at radius 1 is 0.867 bits per heavy atom. The molecule has 1 aliphatic carbocycles. The summed E-state index contributed by atoms with van der Waals surface area (Å²) in [5.41, 5.74) is 3.67. The van der Waals surface area contributed by atoms with E-state index in [4.69, 9.17) is 0 Å². The lowest BCUT2D eigenvalue weighted by Gasteiger charge is -2.39. The van der Waals surface area contributed by atoms with Crippen molar-refractivity contribution in [2.24, 2.45) is 17.3 Å². The van der Waals surface area contributed by atoms with E-state index in [1.165, 1.54) is 24.0 Å². The predicted octanol–water partition coefficient (Wildman–Crippen LogP) is 7.53. The Bertz CT molecular complexity index is 797. The van der Waals surface area contributed by atoms with Crippen molar-refractivity contribution in [1.29, 1.82) is 0 Å². The van der Waals surface area contributed by atoms with Crippen molar-refractivity contribution in [1.82, 2.24) is 5.32 Å². The first-order valence-electron chi connectivity index (χ1n) is 11.5. The Kier molecular flexibility index (Phi) is 7.23. The van der Waals surface area contributed by atoms with Gasteiger partial charge in [-0.05, 0) is 72.1 Å². The molecule has 3 heteroatoms. The average molecular weight is 407 g/mol. The van der Waals surface area contributed by atoms with Crippen LogP contribution in [0.2, 0.25) is 0 Å². The minimum Gasteiger partial charge on any atom is -0.331 e. The van der Waals surface area contributed by atoms with Gasteiger partial charge in [0.1, 0.15) is 0 Å². The Hall–Kier alpha value is -2.29. The van der Waals surface area contributed by atoms with Crippen LogP contribution in [0.5, 0.6) is 0 Å². The molecule has 2 aromatic carbocycles. The second kappa shape index (κ2) is 9.68. The zero-order valence-electron chi connectivity index (χ0n) is 19.2. The highest BCUT2D eigenvalue weighted by Crippen LogP contribution is 2.43. The summed E-state index contributed by atoms with van der Waals surface area (Å²) in [6.45, 7) is 11.4. The van der Waals surface area contributed by atoms with Gasteiger partial charge in [0.05, 0.1) is 6.04 Å². The van der Waals surface area contributed by atoms with Crippen LogP contribution in [0, 0.1) is 17.3 Å². The van der Waals surface area contributed by atoms with Crippen molar-refractivity contribution in [2.75, 3.05) is 5.32 Å². The summed E-state index contributed by atoms with van der Waals surface area (Å²) in [6.07, 6.45) is 4.78. The number of benzene rings is 2. The molecule has 30 heavy (non-hydrogen) atoms. The van der Waals surface area contributed by atoms with Crippen LogP contribution in [0.1, 0.15) is 83.4 Å². The molecule has 1 unspecified atom stereocenters. The lowest BCUT2D eigenvalue weighted by atomic mass is 9.68. The first-order valence-corrected chi connectivity index (χ1v) is 11.5. The van der Waals surface area contributed by atoms with Crippen LogP contribution in [0.4, 0.5) is 10.5 Å². The fourth-order valence-corrected chi connectivity index (χ4v) is 4.71. The highest BCUT2D eigenvalue weighted by atomic mass is 16.2. The Balaban J connectivity index is 1.68. The van der Waals surface area contributed by atoms with Crippen LogP contribution in [0.3, 0.4) is 0 Å². The zero-order chi connectivity index (χ0) is 21.7. The minimum absolute atomic E-state index is 0.0436. The molecule has 1 atom stereocenters. The molecule has 0 bridgehead atoms. The first kappa shape index (κ1) is 22.4. The molecule has 3 rings (SSSR count). The monoisotopic (exact) mass is 406 g/mol. The number of hydrogen-bond acceptors (Lipinski definition) is 1. The summed E-state index contributed by atoms with van der Waals surface area (Å²) in [5, 5.41) is 6.32. The molecule has 162 valence electrons. The van der Waals surface area contributed by atoms with Crippen LogP contribution >= 0.6 is 0 Å². The van der Waals surface area contributed by atoms with E-state index in [0.717, 1.165) is 24.4 Å². The number of amides is 2. The van der Waals surface area contributed by atoms with Gasteiger partial charge in [-0.3, -0.25) is 0 Å². The van der Waals surface area contributed by atoms with E-state index in [-0.39, 0.29) is 12.1 Å². The van der Waals surface area contributed by atoms with Crippen molar-refractivity contribution in [3.63, 3.8) is 0 Å². The molecule has 2 N–H and O–H groups in total. The van der Waals surface area contributed by atoms with Gasteiger partial charge < -0.3 is 10.6 Å². The fraction of sp³-hybridized carbons (Fsp3) is 0.519. The third-order valence-corrected chi connectivity index (χ3v) is 6.75. The maximum atomic E-state index is 12.9. The van der Waals surface area contributed by atoms with E-state index in [0.29, 0.717) is 17.3 Å². The van der Waals surface area contributed by atoms with Crippen molar-refractivity contribution in [3.8, 4) is 0 Å². The average Bonchev–Trinajstić information content (AvgIpc) is 2.72. The molecule has 0 spiro atoms. The van der Waals surface area contributed by atoms with Gasteiger partial charge in [0, 0.05) is 5.69 Å². The van der Waals surface area contributed by atoms with Gasteiger partial charge in [-0.1, -0.05) is 77.1 Å².